The van der Waals surface area contributed by atoms with Crippen LogP contribution in [0.4, 0.5) is 5.69 Å². The van der Waals surface area contributed by atoms with Crippen molar-refractivity contribution in [1.82, 2.24) is 9.88 Å². The monoisotopic (exact) mass is 327 g/mol. The second-order valence-electron chi connectivity index (χ2n) is 5.95. The van der Waals surface area contributed by atoms with Crippen LogP contribution in [-0.4, -0.2) is 36.1 Å². The highest BCUT2D eigenvalue weighted by atomic mass is 16.5. The Morgan fingerprint density at radius 1 is 1.00 bits per heavy atom. The highest BCUT2D eigenvalue weighted by molar-refractivity contribution is 5.54. The van der Waals surface area contributed by atoms with E-state index in [9.17, 15) is 0 Å². The normalized spacial score (nSPS) is 11.0. The topological polar surface area (TPSA) is 51.4 Å². The molecule has 4 heteroatoms. The molecule has 0 fully saturated rings. The molecule has 0 saturated heterocycles. The molecule has 2 N–H and O–H groups in total. The molecule has 1 heterocycles. The van der Waals surface area contributed by atoms with E-state index in [0.717, 1.165) is 50.3 Å². The summed E-state index contributed by atoms with van der Waals surface area (Å²) in [7, 11) is 0. The maximum Gasteiger partial charge on any atom is 0.142 e. The van der Waals surface area contributed by atoms with E-state index in [1.54, 1.807) is 0 Å². The Balaban J connectivity index is 1.76. The lowest BCUT2D eigenvalue weighted by atomic mass is 10.1. The SMILES string of the molecule is CCOc1ccc(CCCN(CC)CCc2ccncc2)cc1N. The van der Waals surface area contributed by atoms with Gasteiger partial charge in [-0.25, -0.2) is 0 Å². The minimum Gasteiger partial charge on any atom is -0.492 e. The fourth-order valence-electron chi connectivity index (χ4n) is 2.81. The average Bonchev–Trinajstić information content (AvgIpc) is 2.61. The van der Waals surface area contributed by atoms with E-state index in [1.165, 1.54) is 11.1 Å². The van der Waals surface area contributed by atoms with Crippen molar-refractivity contribution in [3.8, 4) is 5.75 Å². The van der Waals surface area contributed by atoms with Gasteiger partial charge in [-0.2, -0.15) is 0 Å². The minimum atomic E-state index is 0.645. The molecule has 0 aliphatic rings. The van der Waals surface area contributed by atoms with Crippen molar-refractivity contribution in [3.63, 3.8) is 0 Å². The molecule has 0 aliphatic heterocycles. The van der Waals surface area contributed by atoms with Crippen LogP contribution in [0, 0.1) is 0 Å². The number of pyridine rings is 1. The zero-order valence-corrected chi connectivity index (χ0v) is 14.9. The Hall–Kier alpha value is -2.07. The van der Waals surface area contributed by atoms with Crippen LogP contribution in [-0.2, 0) is 12.8 Å². The number of aryl methyl sites for hydroxylation is 1. The summed E-state index contributed by atoms with van der Waals surface area (Å²) in [6.07, 6.45) is 6.98. The van der Waals surface area contributed by atoms with Crippen LogP contribution in [0.2, 0.25) is 0 Å². The molecule has 0 saturated carbocycles. The third-order valence-electron chi connectivity index (χ3n) is 4.23. The summed E-state index contributed by atoms with van der Waals surface area (Å²) < 4.78 is 5.49. The van der Waals surface area contributed by atoms with Crippen LogP contribution in [0.15, 0.2) is 42.7 Å². The number of ether oxygens (including phenoxy) is 1. The molecule has 1 aromatic heterocycles. The highest BCUT2D eigenvalue weighted by Crippen LogP contribution is 2.23. The van der Waals surface area contributed by atoms with Crippen LogP contribution in [0.5, 0.6) is 5.75 Å². The molecule has 0 spiro atoms. The lowest BCUT2D eigenvalue weighted by Gasteiger charge is -2.20. The first kappa shape index (κ1) is 18.3. The first-order chi connectivity index (χ1) is 11.7. The third kappa shape index (κ3) is 5.85. The van der Waals surface area contributed by atoms with Crippen molar-refractivity contribution >= 4 is 5.69 Å². The van der Waals surface area contributed by atoms with E-state index in [2.05, 4.69) is 35.0 Å². The molecule has 0 aliphatic carbocycles. The van der Waals surface area contributed by atoms with Gasteiger partial charge in [0.25, 0.3) is 0 Å². The number of anilines is 1. The summed E-state index contributed by atoms with van der Waals surface area (Å²) >= 11 is 0. The lowest BCUT2D eigenvalue weighted by molar-refractivity contribution is 0.288. The standard InChI is InChI=1S/C20H29N3O/c1-3-23(15-11-17-9-12-22-13-10-17)14-5-6-18-7-8-20(24-4-2)19(21)16-18/h7-10,12-13,16H,3-6,11,14-15,21H2,1-2H3. The Labute approximate surface area is 145 Å². The maximum atomic E-state index is 6.04. The predicted octanol–water partition coefficient (Wildman–Crippen LogP) is 3.56. The smallest absolute Gasteiger partial charge is 0.142 e. The minimum absolute atomic E-state index is 0.645. The van der Waals surface area contributed by atoms with Gasteiger partial charge >= 0.3 is 0 Å². The van der Waals surface area contributed by atoms with Gasteiger partial charge in [-0.1, -0.05) is 13.0 Å². The van der Waals surface area contributed by atoms with Gasteiger partial charge in [0.05, 0.1) is 12.3 Å². The van der Waals surface area contributed by atoms with Crippen LogP contribution >= 0.6 is 0 Å². The van der Waals surface area contributed by atoms with E-state index >= 15 is 0 Å². The molecule has 0 unspecified atom stereocenters. The molecular formula is C20H29N3O. The van der Waals surface area contributed by atoms with Gasteiger partial charge in [-0.3, -0.25) is 4.98 Å². The summed E-state index contributed by atoms with van der Waals surface area (Å²) in [4.78, 5) is 6.57. The van der Waals surface area contributed by atoms with Crippen molar-refractivity contribution in [2.24, 2.45) is 0 Å². The van der Waals surface area contributed by atoms with E-state index in [-0.39, 0.29) is 0 Å². The molecule has 4 nitrogen and oxygen atoms in total. The Morgan fingerprint density at radius 2 is 1.79 bits per heavy atom. The Bertz CT molecular complexity index is 601. The summed E-state index contributed by atoms with van der Waals surface area (Å²) in [6, 6.07) is 10.3. The molecule has 0 radical (unpaired) electrons. The van der Waals surface area contributed by atoms with Gasteiger partial charge < -0.3 is 15.4 Å². The number of hydrogen-bond donors (Lipinski definition) is 1. The van der Waals surface area contributed by atoms with Gasteiger partial charge in [0.2, 0.25) is 0 Å². The van der Waals surface area contributed by atoms with E-state index < -0.39 is 0 Å². The maximum absolute atomic E-state index is 6.04. The highest BCUT2D eigenvalue weighted by Gasteiger charge is 2.05. The van der Waals surface area contributed by atoms with Crippen molar-refractivity contribution in [1.29, 1.82) is 0 Å². The zero-order chi connectivity index (χ0) is 17.2. The number of likely N-dealkylation sites (N-methyl/N-ethyl adjacent to an activating group) is 1. The molecular weight excluding hydrogens is 298 g/mol. The first-order valence-electron chi connectivity index (χ1n) is 8.85. The van der Waals surface area contributed by atoms with E-state index in [1.807, 2.05) is 31.5 Å². The second kappa shape index (κ2) is 9.93. The van der Waals surface area contributed by atoms with E-state index in [4.69, 9.17) is 10.5 Å². The lowest BCUT2D eigenvalue weighted by Crippen LogP contribution is -2.27. The molecule has 130 valence electrons. The predicted molar refractivity (Wildman–Crippen MR) is 100 cm³/mol. The molecule has 1 aromatic carbocycles. The molecule has 0 amide bonds. The molecule has 24 heavy (non-hydrogen) atoms. The number of nitrogen functional groups attached to an aromatic ring is 1. The van der Waals surface area contributed by atoms with Gasteiger partial charge in [-0.15, -0.1) is 0 Å². The van der Waals surface area contributed by atoms with Gasteiger partial charge in [0, 0.05) is 18.9 Å². The summed E-state index contributed by atoms with van der Waals surface area (Å²) in [5.74, 6) is 0.786. The fourth-order valence-corrected chi connectivity index (χ4v) is 2.81. The van der Waals surface area contributed by atoms with Crippen LogP contribution in [0.1, 0.15) is 31.4 Å². The van der Waals surface area contributed by atoms with Gasteiger partial charge in [0.15, 0.2) is 0 Å². The van der Waals surface area contributed by atoms with Gasteiger partial charge in [0.1, 0.15) is 5.75 Å². The van der Waals surface area contributed by atoms with Crippen molar-refractivity contribution in [3.05, 3.63) is 53.9 Å². The van der Waals surface area contributed by atoms with Crippen molar-refractivity contribution in [2.75, 3.05) is 32.0 Å². The number of benzene rings is 1. The Morgan fingerprint density at radius 3 is 2.46 bits per heavy atom. The number of rotatable bonds is 10. The zero-order valence-electron chi connectivity index (χ0n) is 14.9. The number of hydrogen-bond acceptors (Lipinski definition) is 4. The third-order valence-corrected chi connectivity index (χ3v) is 4.23. The summed E-state index contributed by atoms with van der Waals surface area (Å²) in [6.45, 7) is 8.11. The molecule has 0 bridgehead atoms. The molecule has 2 aromatic rings. The number of nitrogens with zero attached hydrogens (tertiary/aromatic N) is 2. The molecule has 2 rings (SSSR count). The van der Waals surface area contributed by atoms with Crippen LogP contribution in [0.3, 0.4) is 0 Å². The van der Waals surface area contributed by atoms with E-state index in [0.29, 0.717) is 6.61 Å². The number of aromatic nitrogens is 1. The van der Waals surface area contributed by atoms with Crippen molar-refractivity contribution < 1.29 is 4.74 Å². The first-order valence-corrected chi connectivity index (χ1v) is 8.85. The average molecular weight is 327 g/mol. The van der Waals surface area contributed by atoms with Crippen molar-refractivity contribution in [2.45, 2.75) is 33.1 Å². The van der Waals surface area contributed by atoms with Gasteiger partial charge in [-0.05, 0) is 74.7 Å². The fraction of sp³-hybridized carbons (Fsp3) is 0.450. The number of nitrogens with two attached hydrogens (primary N) is 1. The summed E-state index contributed by atoms with van der Waals surface area (Å²) in [5.41, 5.74) is 9.40. The second-order valence-corrected chi connectivity index (χ2v) is 5.95. The summed E-state index contributed by atoms with van der Waals surface area (Å²) in [5, 5.41) is 0. The molecule has 0 atom stereocenters. The van der Waals surface area contributed by atoms with Crippen LogP contribution < -0.4 is 10.5 Å². The largest absolute Gasteiger partial charge is 0.492 e. The quantitative estimate of drug-likeness (QED) is 0.678. The van der Waals surface area contributed by atoms with Crippen LogP contribution in [0.25, 0.3) is 0 Å². The Kier molecular flexibility index (Phi) is 7.56.